The van der Waals surface area contributed by atoms with E-state index in [2.05, 4.69) is 10.9 Å². The number of hydrazine groups is 1. The van der Waals surface area contributed by atoms with E-state index in [0.29, 0.717) is 18.6 Å². The number of aryl methyl sites for hydroxylation is 2. The average Bonchev–Trinajstić information content (AvgIpc) is 3.27. The number of carbonyl (C=O) groups is 3. The first-order valence-corrected chi connectivity index (χ1v) is 8.49. The summed E-state index contributed by atoms with van der Waals surface area (Å²) in [7, 11) is 0. The van der Waals surface area contributed by atoms with Crippen molar-refractivity contribution in [1.82, 2.24) is 10.9 Å². The van der Waals surface area contributed by atoms with E-state index in [1.165, 1.54) is 11.1 Å². The molecule has 0 aromatic heterocycles. The summed E-state index contributed by atoms with van der Waals surface area (Å²) < 4.78 is 5.22. The SMILES string of the molecule is O=C(CCC(=O)c1ccc2c(c1)CCC2)NNC(=O)C1CCCO1. The monoisotopic (exact) mass is 330 g/mol. The summed E-state index contributed by atoms with van der Waals surface area (Å²) in [5.41, 5.74) is 7.91. The van der Waals surface area contributed by atoms with Crippen molar-refractivity contribution in [3.8, 4) is 0 Å². The highest BCUT2D eigenvalue weighted by Gasteiger charge is 2.23. The van der Waals surface area contributed by atoms with Crippen molar-refractivity contribution in [3.63, 3.8) is 0 Å². The molecule has 1 unspecified atom stereocenters. The molecule has 3 rings (SSSR count). The number of carbonyl (C=O) groups excluding carboxylic acids is 3. The zero-order valence-electron chi connectivity index (χ0n) is 13.6. The van der Waals surface area contributed by atoms with E-state index in [1.54, 1.807) is 0 Å². The van der Waals surface area contributed by atoms with Crippen molar-refractivity contribution >= 4 is 17.6 Å². The first-order chi connectivity index (χ1) is 11.6. The lowest BCUT2D eigenvalue weighted by Crippen LogP contribution is -2.46. The molecule has 2 aliphatic rings. The van der Waals surface area contributed by atoms with Gasteiger partial charge in [0.25, 0.3) is 5.91 Å². The van der Waals surface area contributed by atoms with Gasteiger partial charge < -0.3 is 4.74 Å². The Balaban J connectivity index is 1.42. The Hall–Kier alpha value is -2.21. The van der Waals surface area contributed by atoms with Gasteiger partial charge in [0, 0.05) is 25.0 Å². The van der Waals surface area contributed by atoms with Crippen molar-refractivity contribution < 1.29 is 19.1 Å². The van der Waals surface area contributed by atoms with Crippen LogP contribution in [0.4, 0.5) is 0 Å². The van der Waals surface area contributed by atoms with Crippen LogP contribution in [-0.4, -0.2) is 30.3 Å². The normalized spacial score (nSPS) is 18.9. The molecule has 0 saturated carbocycles. The lowest BCUT2D eigenvalue weighted by molar-refractivity contribution is -0.134. The van der Waals surface area contributed by atoms with Crippen molar-refractivity contribution in [2.24, 2.45) is 0 Å². The second-order valence-corrected chi connectivity index (χ2v) is 6.30. The maximum absolute atomic E-state index is 12.2. The van der Waals surface area contributed by atoms with E-state index in [9.17, 15) is 14.4 Å². The number of hydrogen-bond donors (Lipinski definition) is 2. The lowest BCUT2D eigenvalue weighted by atomic mass is 10.0. The number of hydrogen-bond acceptors (Lipinski definition) is 4. The molecule has 2 N–H and O–H groups in total. The molecule has 0 bridgehead atoms. The molecule has 1 aliphatic carbocycles. The molecule has 1 heterocycles. The number of ketones is 1. The summed E-state index contributed by atoms with van der Waals surface area (Å²) in [6.45, 7) is 0.571. The van der Waals surface area contributed by atoms with Crippen LogP contribution in [0.2, 0.25) is 0 Å². The van der Waals surface area contributed by atoms with Gasteiger partial charge in [-0.3, -0.25) is 25.2 Å². The predicted molar refractivity (Wildman–Crippen MR) is 87.3 cm³/mol. The van der Waals surface area contributed by atoms with Gasteiger partial charge in [0.1, 0.15) is 6.10 Å². The molecular weight excluding hydrogens is 308 g/mol. The first-order valence-electron chi connectivity index (χ1n) is 8.49. The molecule has 2 amide bonds. The van der Waals surface area contributed by atoms with Crippen LogP contribution in [0.3, 0.4) is 0 Å². The van der Waals surface area contributed by atoms with Crippen LogP contribution in [0.5, 0.6) is 0 Å². The molecule has 0 spiro atoms. The van der Waals surface area contributed by atoms with Crippen LogP contribution in [-0.2, 0) is 27.2 Å². The van der Waals surface area contributed by atoms with Crippen molar-refractivity contribution in [2.75, 3.05) is 6.61 Å². The highest BCUT2D eigenvalue weighted by Crippen LogP contribution is 2.23. The van der Waals surface area contributed by atoms with Crippen molar-refractivity contribution in [3.05, 3.63) is 34.9 Å². The van der Waals surface area contributed by atoms with Gasteiger partial charge in [-0.25, -0.2) is 0 Å². The van der Waals surface area contributed by atoms with Gasteiger partial charge in [0.15, 0.2) is 5.78 Å². The number of amides is 2. The Morgan fingerprint density at radius 1 is 1.04 bits per heavy atom. The van der Waals surface area contributed by atoms with Crippen LogP contribution < -0.4 is 10.9 Å². The standard InChI is InChI=1S/C18H22N2O4/c21-15(14-7-6-12-3-1-4-13(12)11-14)8-9-17(22)19-20-18(23)16-5-2-10-24-16/h6-7,11,16H,1-5,8-10H2,(H,19,22)(H,20,23). The number of nitrogens with one attached hydrogen (secondary N) is 2. The van der Waals surface area contributed by atoms with Crippen LogP contribution in [0.1, 0.15) is 53.6 Å². The number of fused-ring (bicyclic) bond motifs is 1. The summed E-state index contributed by atoms with van der Waals surface area (Å²) in [5.74, 6) is -0.771. The molecule has 1 atom stereocenters. The second-order valence-electron chi connectivity index (χ2n) is 6.30. The van der Waals surface area contributed by atoms with Gasteiger partial charge in [0.05, 0.1) is 0 Å². The topological polar surface area (TPSA) is 84.5 Å². The van der Waals surface area contributed by atoms with Gasteiger partial charge in [0.2, 0.25) is 5.91 Å². The Morgan fingerprint density at radius 2 is 1.88 bits per heavy atom. The Morgan fingerprint density at radius 3 is 2.67 bits per heavy atom. The average molecular weight is 330 g/mol. The minimum atomic E-state index is -0.488. The highest BCUT2D eigenvalue weighted by atomic mass is 16.5. The quantitative estimate of drug-likeness (QED) is 0.632. The predicted octanol–water partition coefficient (Wildman–Crippen LogP) is 1.46. The molecular formula is C18H22N2O4. The van der Waals surface area contributed by atoms with E-state index in [-0.39, 0.29) is 30.4 Å². The van der Waals surface area contributed by atoms with E-state index < -0.39 is 6.10 Å². The smallest absolute Gasteiger partial charge is 0.267 e. The largest absolute Gasteiger partial charge is 0.368 e. The molecule has 1 aromatic rings. The Labute approximate surface area is 140 Å². The van der Waals surface area contributed by atoms with Gasteiger partial charge in [-0.05, 0) is 49.3 Å². The molecule has 128 valence electrons. The minimum Gasteiger partial charge on any atom is -0.368 e. The van der Waals surface area contributed by atoms with E-state index in [1.807, 2.05) is 18.2 Å². The molecule has 1 aromatic carbocycles. The van der Waals surface area contributed by atoms with Gasteiger partial charge in [-0.2, -0.15) is 0 Å². The Bertz CT molecular complexity index is 650. The third kappa shape index (κ3) is 4.00. The molecule has 6 nitrogen and oxygen atoms in total. The fraction of sp³-hybridized carbons (Fsp3) is 0.500. The van der Waals surface area contributed by atoms with Gasteiger partial charge in [-0.15, -0.1) is 0 Å². The third-order valence-corrected chi connectivity index (χ3v) is 4.55. The minimum absolute atomic E-state index is 0.0434. The zero-order valence-corrected chi connectivity index (χ0v) is 13.6. The molecule has 6 heteroatoms. The van der Waals surface area contributed by atoms with Crippen molar-refractivity contribution in [2.45, 2.75) is 51.0 Å². The molecule has 1 fully saturated rings. The van der Waals surface area contributed by atoms with Crippen LogP contribution in [0.15, 0.2) is 18.2 Å². The summed E-state index contributed by atoms with van der Waals surface area (Å²) in [6, 6.07) is 5.79. The molecule has 0 radical (unpaired) electrons. The molecule has 24 heavy (non-hydrogen) atoms. The van der Waals surface area contributed by atoms with Crippen LogP contribution in [0.25, 0.3) is 0 Å². The molecule has 1 aliphatic heterocycles. The van der Waals surface area contributed by atoms with E-state index in [0.717, 1.165) is 25.7 Å². The number of benzene rings is 1. The first kappa shape index (κ1) is 16.6. The van der Waals surface area contributed by atoms with Gasteiger partial charge in [-0.1, -0.05) is 12.1 Å². The molecule has 1 saturated heterocycles. The number of ether oxygens (including phenoxy) is 1. The fourth-order valence-corrected chi connectivity index (χ4v) is 3.18. The summed E-state index contributed by atoms with van der Waals surface area (Å²) in [6.07, 6.45) is 4.43. The number of rotatable bonds is 5. The zero-order chi connectivity index (χ0) is 16.9. The van der Waals surface area contributed by atoms with Gasteiger partial charge >= 0.3 is 0 Å². The van der Waals surface area contributed by atoms with E-state index in [4.69, 9.17) is 4.74 Å². The second kappa shape index (κ2) is 7.57. The van der Waals surface area contributed by atoms with Crippen LogP contribution in [0, 0.1) is 0 Å². The summed E-state index contributed by atoms with van der Waals surface area (Å²) >= 11 is 0. The number of Topliss-reactive ketones (excluding diaryl/α,β-unsaturated/α-hetero) is 1. The van der Waals surface area contributed by atoms with Crippen molar-refractivity contribution in [1.29, 1.82) is 0 Å². The van der Waals surface area contributed by atoms with E-state index >= 15 is 0 Å². The fourth-order valence-electron chi connectivity index (χ4n) is 3.18. The van der Waals surface area contributed by atoms with Crippen LogP contribution >= 0.6 is 0 Å². The maximum Gasteiger partial charge on any atom is 0.267 e. The summed E-state index contributed by atoms with van der Waals surface area (Å²) in [5, 5.41) is 0. The Kier molecular flexibility index (Phi) is 5.25. The third-order valence-electron chi connectivity index (χ3n) is 4.55. The highest BCUT2D eigenvalue weighted by molar-refractivity contribution is 5.98. The maximum atomic E-state index is 12.2. The lowest BCUT2D eigenvalue weighted by Gasteiger charge is -2.11. The summed E-state index contributed by atoms with van der Waals surface area (Å²) in [4.78, 5) is 35.7.